The highest BCUT2D eigenvalue weighted by molar-refractivity contribution is 8.00. The van der Waals surface area contributed by atoms with Crippen LogP contribution in [0, 0.1) is 0 Å². The van der Waals surface area contributed by atoms with Gasteiger partial charge in [-0.3, -0.25) is 9.52 Å². The van der Waals surface area contributed by atoms with Crippen molar-refractivity contribution in [3.63, 3.8) is 0 Å². The zero-order chi connectivity index (χ0) is 18.6. The van der Waals surface area contributed by atoms with E-state index in [2.05, 4.69) is 20.2 Å². The molecule has 1 amide bonds. The number of rotatable bonds is 7. The van der Waals surface area contributed by atoms with Crippen molar-refractivity contribution in [3.8, 4) is 5.75 Å². The maximum Gasteiger partial charge on any atom is 0.263 e. The summed E-state index contributed by atoms with van der Waals surface area (Å²) >= 11 is 2.50. The van der Waals surface area contributed by atoms with Crippen molar-refractivity contribution in [2.45, 2.75) is 29.1 Å². The van der Waals surface area contributed by atoms with E-state index >= 15 is 0 Å². The van der Waals surface area contributed by atoms with Crippen molar-refractivity contribution in [1.29, 1.82) is 0 Å². The van der Waals surface area contributed by atoms with Gasteiger partial charge in [-0.25, -0.2) is 8.42 Å². The topological polar surface area (TPSA) is 110 Å². The summed E-state index contributed by atoms with van der Waals surface area (Å²) in [6, 6.07) is 3.98. The zero-order valence-corrected chi connectivity index (χ0v) is 16.5. The molecule has 0 fully saturated rings. The van der Waals surface area contributed by atoms with Crippen molar-refractivity contribution in [2.75, 3.05) is 18.1 Å². The van der Waals surface area contributed by atoms with E-state index in [4.69, 9.17) is 4.74 Å². The molecule has 0 bridgehead atoms. The number of amides is 1. The second-order valence-corrected chi connectivity index (χ2v) is 8.89. The molecule has 0 atom stereocenters. The third kappa shape index (κ3) is 4.83. The third-order valence-corrected chi connectivity index (χ3v) is 6.23. The molecule has 2 N–H and O–H groups in total. The van der Waals surface area contributed by atoms with Gasteiger partial charge in [-0.05, 0) is 38.3 Å². The van der Waals surface area contributed by atoms with Crippen molar-refractivity contribution >= 4 is 44.2 Å². The number of aromatic nitrogens is 2. The minimum absolute atomic E-state index is 0.0666. The molecule has 0 aliphatic rings. The lowest BCUT2D eigenvalue weighted by atomic mass is 10.2. The lowest BCUT2D eigenvalue weighted by Crippen LogP contribution is -2.30. The molecular weight excluding hydrogens is 384 g/mol. The first-order chi connectivity index (χ1) is 11.8. The van der Waals surface area contributed by atoms with Crippen LogP contribution in [-0.2, 0) is 10.0 Å². The summed E-state index contributed by atoms with van der Waals surface area (Å²) in [7, 11) is -2.49. The molecule has 1 aromatic heterocycles. The Morgan fingerprint density at radius 3 is 2.60 bits per heavy atom. The van der Waals surface area contributed by atoms with Gasteiger partial charge < -0.3 is 10.1 Å². The lowest BCUT2D eigenvalue weighted by Gasteiger charge is -2.13. The molecule has 0 spiro atoms. The van der Waals surface area contributed by atoms with E-state index in [1.165, 1.54) is 37.1 Å². The second-order valence-electron chi connectivity index (χ2n) is 5.17. The van der Waals surface area contributed by atoms with Crippen molar-refractivity contribution < 1.29 is 17.9 Å². The third-order valence-electron chi connectivity index (χ3n) is 2.95. The Balaban J connectivity index is 2.35. The summed E-state index contributed by atoms with van der Waals surface area (Å²) in [6.07, 6.45) is 1.82. The first-order valence-corrected chi connectivity index (χ1v) is 10.7. The van der Waals surface area contributed by atoms with Crippen LogP contribution in [0.2, 0.25) is 0 Å². The Hall–Kier alpha value is -1.85. The predicted octanol–water partition coefficient (Wildman–Crippen LogP) is 2.21. The van der Waals surface area contributed by atoms with Gasteiger partial charge in [0.15, 0.2) is 4.34 Å². The van der Waals surface area contributed by atoms with E-state index in [-0.39, 0.29) is 27.4 Å². The van der Waals surface area contributed by atoms with E-state index in [1.807, 2.05) is 20.1 Å². The number of nitrogens with one attached hydrogen (secondary N) is 2. The number of carbonyl (C=O) groups excluding carboxylic acids is 1. The van der Waals surface area contributed by atoms with Gasteiger partial charge in [0.05, 0.1) is 17.6 Å². The monoisotopic (exact) mass is 402 g/mol. The van der Waals surface area contributed by atoms with Gasteiger partial charge in [0.2, 0.25) is 5.13 Å². The van der Waals surface area contributed by atoms with Gasteiger partial charge in [-0.15, -0.1) is 10.2 Å². The van der Waals surface area contributed by atoms with Crippen LogP contribution in [0.5, 0.6) is 5.75 Å². The fourth-order valence-corrected chi connectivity index (χ4v) is 4.30. The highest BCUT2D eigenvalue weighted by atomic mass is 32.2. The Bertz CT molecular complexity index is 865. The molecule has 1 aromatic carbocycles. The van der Waals surface area contributed by atoms with E-state index in [9.17, 15) is 13.2 Å². The van der Waals surface area contributed by atoms with Gasteiger partial charge in [0.25, 0.3) is 15.9 Å². The summed E-state index contributed by atoms with van der Waals surface area (Å²) in [6.45, 7) is 3.62. The number of carbonyl (C=O) groups is 1. The van der Waals surface area contributed by atoms with Crippen LogP contribution < -0.4 is 14.8 Å². The molecule has 0 saturated heterocycles. The van der Waals surface area contributed by atoms with Gasteiger partial charge in [0, 0.05) is 6.04 Å². The Morgan fingerprint density at radius 2 is 2.04 bits per heavy atom. The summed E-state index contributed by atoms with van der Waals surface area (Å²) in [5.74, 6) is -0.123. The average Bonchev–Trinajstić information content (AvgIpc) is 3.00. The van der Waals surface area contributed by atoms with Gasteiger partial charge in [0.1, 0.15) is 5.75 Å². The molecule has 11 heteroatoms. The molecule has 2 rings (SSSR count). The van der Waals surface area contributed by atoms with Gasteiger partial charge >= 0.3 is 0 Å². The predicted molar refractivity (Wildman–Crippen MR) is 98.1 cm³/mol. The molecule has 0 aliphatic heterocycles. The molecule has 0 unspecified atom stereocenters. The van der Waals surface area contributed by atoms with Crippen LogP contribution in [0.25, 0.3) is 0 Å². The Kier molecular flexibility index (Phi) is 6.25. The molecule has 2 aromatic rings. The summed E-state index contributed by atoms with van der Waals surface area (Å²) in [4.78, 5) is 12.2. The number of benzene rings is 1. The molecule has 136 valence electrons. The Morgan fingerprint density at radius 1 is 1.32 bits per heavy atom. The number of sulfonamides is 1. The van der Waals surface area contributed by atoms with Crippen LogP contribution in [0.4, 0.5) is 5.13 Å². The van der Waals surface area contributed by atoms with Crippen LogP contribution in [0.1, 0.15) is 24.2 Å². The molecule has 0 saturated carbocycles. The highest BCUT2D eigenvalue weighted by Gasteiger charge is 2.21. The standard InChI is InChI=1S/C14H18N4O4S3/c1-8(2)15-12(19)10-7-9(5-6-11(10)22-3)25(20,21)18-13-16-17-14(23-4)24-13/h5-8H,1-4H3,(H,15,19)(H,16,18). The second kappa shape index (κ2) is 8.02. The van der Waals surface area contributed by atoms with E-state index in [0.29, 0.717) is 4.34 Å². The average molecular weight is 403 g/mol. The van der Waals surface area contributed by atoms with E-state index in [0.717, 1.165) is 11.3 Å². The number of ether oxygens (including phenoxy) is 1. The lowest BCUT2D eigenvalue weighted by molar-refractivity contribution is 0.0940. The SMILES string of the molecule is COc1ccc(S(=O)(=O)Nc2nnc(SC)s2)cc1C(=O)NC(C)C. The van der Waals surface area contributed by atoms with Crippen molar-refractivity contribution in [1.82, 2.24) is 15.5 Å². The molecule has 0 aliphatic carbocycles. The number of nitrogens with zero attached hydrogens (tertiary/aromatic N) is 2. The minimum atomic E-state index is -3.90. The summed E-state index contributed by atoms with van der Waals surface area (Å²) in [5.41, 5.74) is 0.140. The first-order valence-electron chi connectivity index (χ1n) is 7.16. The molecule has 8 nitrogen and oxygen atoms in total. The van der Waals surface area contributed by atoms with Gasteiger partial charge in [-0.2, -0.15) is 0 Å². The van der Waals surface area contributed by atoms with Crippen molar-refractivity contribution in [2.24, 2.45) is 0 Å². The molecular formula is C14H18N4O4S3. The van der Waals surface area contributed by atoms with Crippen molar-refractivity contribution in [3.05, 3.63) is 23.8 Å². The zero-order valence-electron chi connectivity index (χ0n) is 14.1. The Labute approximate surface area is 154 Å². The fraction of sp³-hybridized carbons (Fsp3) is 0.357. The van der Waals surface area contributed by atoms with E-state index < -0.39 is 15.9 Å². The summed E-state index contributed by atoms with van der Waals surface area (Å²) in [5, 5.41) is 10.5. The summed E-state index contributed by atoms with van der Waals surface area (Å²) < 4.78 is 33.2. The number of thioether (sulfide) groups is 1. The quantitative estimate of drug-likeness (QED) is 0.683. The minimum Gasteiger partial charge on any atom is -0.496 e. The first kappa shape index (κ1) is 19.5. The maximum atomic E-state index is 12.5. The number of hydrogen-bond donors (Lipinski definition) is 2. The fourth-order valence-electron chi connectivity index (χ4n) is 1.88. The molecule has 0 radical (unpaired) electrons. The molecule has 25 heavy (non-hydrogen) atoms. The normalized spacial score (nSPS) is 11.4. The highest BCUT2D eigenvalue weighted by Crippen LogP contribution is 2.27. The smallest absolute Gasteiger partial charge is 0.263 e. The number of anilines is 1. The van der Waals surface area contributed by atoms with Crippen LogP contribution >= 0.6 is 23.1 Å². The molecule has 1 heterocycles. The number of methoxy groups -OCH3 is 1. The van der Waals surface area contributed by atoms with E-state index in [1.54, 1.807) is 0 Å². The van der Waals surface area contributed by atoms with Crippen LogP contribution in [-0.4, -0.2) is 43.9 Å². The van der Waals surface area contributed by atoms with Crippen LogP contribution in [0.3, 0.4) is 0 Å². The van der Waals surface area contributed by atoms with Crippen LogP contribution in [0.15, 0.2) is 27.4 Å². The van der Waals surface area contributed by atoms with Gasteiger partial charge in [-0.1, -0.05) is 23.1 Å². The number of hydrogen-bond acceptors (Lipinski definition) is 8. The maximum absolute atomic E-state index is 12.5. The largest absolute Gasteiger partial charge is 0.496 e.